The number of aliphatic hydroxyl groups excluding tert-OH is 2. The molecule has 0 radical (unpaired) electrons. The Morgan fingerprint density at radius 3 is 2.62 bits per heavy atom. The van der Waals surface area contributed by atoms with Gasteiger partial charge in [0, 0.05) is 0 Å². The van der Waals surface area contributed by atoms with E-state index in [1.807, 2.05) is 0 Å². The van der Waals surface area contributed by atoms with Gasteiger partial charge < -0.3 is 20.7 Å². The van der Waals surface area contributed by atoms with Crippen LogP contribution in [0.15, 0.2) is 18.2 Å². The van der Waals surface area contributed by atoms with E-state index in [1.54, 1.807) is 0 Å². The van der Waals surface area contributed by atoms with Gasteiger partial charge in [0.05, 0.1) is 12.8 Å². The summed E-state index contributed by atoms with van der Waals surface area (Å²) in [6.07, 6.45) is -3.31. The minimum absolute atomic E-state index is 0.0459. The van der Waals surface area contributed by atoms with Crippen molar-refractivity contribution in [2.45, 2.75) is 12.2 Å². The Morgan fingerprint density at radius 2 is 2.12 bits per heavy atom. The Bertz CT molecular complexity index is 396. The number of carbonyl (C=O) groups is 1. The lowest BCUT2D eigenvalue weighted by Crippen LogP contribution is -2.29. The molecule has 0 aliphatic heterocycles. The number of benzene rings is 1. The largest absolute Gasteiger partial charge is 0.467 e. The van der Waals surface area contributed by atoms with Gasteiger partial charge in [-0.2, -0.15) is 0 Å². The molecule has 0 heterocycles. The summed E-state index contributed by atoms with van der Waals surface area (Å²) in [6.45, 7) is 0. The Kier molecular flexibility index (Phi) is 3.81. The van der Waals surface area contributed by atoms with E-state index in [9.17, 15) is 19.4 Å². The molecule has 0 spiro atoms. The van der Waals surface area contributed by atoms with E-state index in [0.29, 0.717) is 0 Å². The number of hydrogen-bond donors (Lipinski definition) is 3. The molecule has 6 heteroatoms. The van der Waals surface area contributed by atoms with Gasteiger partial charge in [-0.1, -0.05) is 6.07 Å². The van der Waals surface area contributed by atoms with E-state index >= 15 is 0 Å². The Morgan fingerprint density at radius 1 is 1.50 bits per heavy atom. The van der Waals surface area contributed by atoms with Crippen LogP contribution in [0.2, 0.25) is 0 Å². The van der Waals surface area contributed by atoms with E-state index in [1.165, 1.54) is 12.1 Å². The van der Waals surface area contributed by atoms with Crippen molar-refractivity contribution in [1.82, 2.24) is 0 Å². The Hall–Kier alpha value is -1.66. The van der Waals surface area contributed by atoms with Crippen molar-refractivity contribution in [1.29, 1.82) is 0 Å². The normalized spacial score (nSPS) is 14.2. The van der Waals surface area contributed by atoms with E-state index in [2.05, 4.69) is 4.74 Å². The second-order valence-corrected chi connectivity index (χ2v) is 3.19. The molecule has 0 fully saturated rings. The Balaban J connectivity index is 2.91. The third-order valence-corrected chi connectivity index (χ3v) is 2.11. The third kappa shape index (κ3) is 2.47. The van der Waals surface area contributed by atoms with Crippen molar-refractivity contribution < 1.29 is 24.1 Å². The summed E-state index contributed by atoms with van der Waals surface area (Å²) in [7, 11) is 1.07. The zero-order valence-corrected chi connectivity index (χ0v) is 8.55. The monoisotopic (exact) mass is 229 g/mol. The molecule has 0 saturated heterocycles. The molecule has 0 aromatic heterocycles. The van der Waals surface area contributed by atoms with Crippen molar-refractivity contribution in [3.05, 3.63) is 29.6 Å². The van der Waals surface area contributed by atoms with E-state index < -0.39 is 24.0 Å². The molecule has 0 saturated carbocycles. The van der Waals surface area contributed by atoms with Crippen LogP contribution in [0.3, 0.4) is 0 Å². The van der Waals surface area contributed by atoms with Crippen LogP contribution < -0.4 is 5.73 Å². The lowest BCUT2D eigenvalue weighted by atomic mass is 10.0. The highest BCUT2D eigenvalue weighted by atomic mass is 19.1. The molecule has 0 bridgehead atoms. The standard InChI is InChI=1S/C10H12FNO4/c1-16-10(15)9(14)8(13)5-2-3-7(12)6(11)4-5/h2-4,8-9,13-14H,12H2,1H3. The second kappa shape index (κ2) is 4.91. The first-order chi connectivity index (χ1) is 7.47. The highest BCUT2D eigenvalue weighted by Gasteiger charge is 2.26. The van der Waals surface area contributed by atoms with Crippen molar-refractivity contribution in [2.24, 2.45) is 0 Å². The molecule has 2 unspecified atom stereocenters. The second-order valence-electron chi connectivity index (χ2n) is 3.19. The van der Waals surface area contributed by atoms with Gasteiger partial charge in [0.15, 0.2) is 6.10 Å². The molecule has 0 amide bonds. The molecule has 2 atom stereocenters. The smallest absolute Gasteiger partial charge is 0.337 e. The number of anilines is 1. The molecule has 88 valence electrons. The Labute approximate surface area is 91.3 Å². The third-order valence-electron chi connectivity index (χ3n) is 2.11. The lowest BCUT2D eigenvalue weighted by molar-refractivity contribution is -0.156. The summed E-state index contributed by atoms with van der Waals surface area (Å²) in [5.74, 6) is -1.72. The molecule has 4 N–H and O–H groups in total. The van der Waals surface area contributed by atoms with Gasteiger partial charge in [-0.15, -0.1) is 0 Å². The van der Waals surface area contributed by atoms with E-state index in [0.717, 1.165) is 13.2 Å². The summed E-state index contributed by atoms with van der Waals surface area (Å²) in [5, 5.41) is 18.9. The number of carbonyl (C=O) groups excluding carboxylic acids is 1. The molecular formula is C10H12FNO4. The van der Waals surface area contributed by atoms with Crippen LogP contribution in [0.25, 0.3) is 0 Å². The van der Waals surface area contributed by atoms with Gasteiger partial charge in [0.2, 0.25) is 0 Å². The zero-order chi connectivity index (χ0) is 12.3. The van der Waals surface area contributed by atoms with Gasteiger partial charge in [-0.05, 0) is 17.7 Å². The number of rotatable bonds is 3. The zero-order valence-electron chi connectivity index (χ0n) is 8.55. The number of nitrogen functional groups attached to an aromatic ring is 1. The number of aliphatic hydroxyl groups is 2. The van der Waals surface area contributed by atoms with Gasteiger partial charge in [-0.25, -0.2) is 9.18 Å². The first kappa shape index (κ1) is 12.4. The maximum absolute atomic E-state index is 13.1. The van der Waals surface area contributed by atoms with Crippen molar-refractivity contribution >= 4 is 11.7 Å². The van der Waals surface area contributed by atoms with Crippen LogP contribution in [0.5, 0.6) is 0 Å². The quantitative estimate of drug-likeness (QED) is 0.500. The van der Waals surface area contributed by atoms with Crippen LogP contribution in [-0.4, -0.2) is 29.4 Å². The van der Waals surface area contributed by atoms with Crippen molar-refractivity contribution in [3.63, 3.8) is 0 Å². The van der Waals surface area contributed by atoms with Gasteiger partial charge in [0.1, 0.15) is 11.9 Å². The fourth-order valence-corrected chi connectivity index (χ4v) is 1.16. The van der Waals surface area contributed by atoms with E-state index in [-0.39, 0.29) is 11.3 Å². The molecule has 16 heavy (non-hydrogen) atoms. The SMILES string of the molecule is COC(=O)C(O)C(O)c1ccc(N)c(F)c1. The first-order valence-corrected chi connectivity index (χ1v) is 4.46. The number of halogens is 1. The molecule has 1 aromatic rings. The predicted octanol–water partition coefficient (Wildman–Crippen LogP) is -0.0248. The maximum Gasteiger partial charge on any atom is 0.337 e. The van der Waals surface area contributed by atoms with Crippen LogP contribution in [0.1, 0.15) is 11.7 Å². The highest BCUT2D eigenvalue weighted by Crippen LogP contribution is 2.21. The fourth-order valence-electron chi connectivity index (χ4n) is 1.16. The summed E-state index contributed by atoms with van der Waals surface area (Å²) >= 11 is 0. The minimum Gasteiger partial charge on any atom is -0.467 e. The first-order valence-electron chi connectivity index (χ1n) is 4.46. The molecule has 1 aromatic carbocycles. The van der Waals surface area contributed by atoms with Gasteiger partial charge in [-0.3, -0.25) is 0 Å². The minimum atomic E-state index is -1.76. The molecule has 0 aliphatic carbocycles. The van der Waals surface area contributed by atoms with Crippen LogP contribution in [0.4, 0.5) is 10.1 Å². The van der Waals surface area contributed by atoms with Gasteiger partial charge in [0.25, 0.3) is 0 Å². The average molecular weight is 229 g/mol. The van der Waals surface area contributed by atoms with E-state index in [4.69, 9.17) is 5.73 Å². The van der Waals surface area contributed by atoms with Crippen LogP contribution in [-0.2, 0) is 9.53 Å². The lowest BCUT2D eigenvalue weighted by Gasteiger charge is -2.16. The number of ether oxygens (including phenoxy) is 1. The predicted molar refractivity (Wildman–Crippen MR) is 53.8 cm³/mol. The number of nitrogens with two attached hydrogens (primary N) is 1. The number of hydrogen-bond acceptors (Lipinski definition) is 5. The summed E-state index contributed by atoms with van der Waals surface area (Å²) in [6, 6.07) is 3.50. The molecule has 1 rings (SSSR count). The summed E-state index contributed by atoms with van der Waals surface area (Å²) in [5.41, 5.74) is 5.21. The van der Waals surface area contributed by atoms with Gasteiger partial charge >= 0.3 is 5.97 Å². The molecule has 5 nitrogen and oxygen atoms in total. The highest BCUT2D eigenvalue weighted by molar-refractivity contribution is 5.75. The number of methoxy groups -OCH3 is 1. The number of esters is 1. The topological polar surface area (TPSA) is 92.8 Å². The molecule has 0 aliphatic rings. The maximum atomic E-state index is 13.1. The summed E-state index contributed by atoms with van der Waals surface area (Å²) < 4.78 is 17.3. The summed E-state index contributed by atoms with van der Waals surface area (Å²) in [4.78, 5) is 10.9. The van der Waals surface area contributed by atoms with Crippen LogP contribution >= 0.6 is 0 Å². The van der Waals surface area contributed by atoms with Crippen molar-refractivity contribution in [2.75, 3.05) is 12.8 Å². The fraction of sp³-hybridized carbons (Fsp3) is 0.300. The van der Waals surface area contributed by atoms with Crippen molar-refractivity contribution in [3.8, 4) is 0 Å². The average Bonchev–Trinajstić information content (AvgIpc) is 2.29. The molecular weight excluding hydrogens is 217 g/mol. The van der Waals surface area contributed by atoms with Crippen LogP contribution in [0, 0.1) is 5.82 Å².